The Balaban J connectivity index is 0.000000496. The van der Waals surface area contributed by atoms with Gasteiger partial charge >= 0.3 is 31.1 Å². The second-order valence-corrected chi connectivity index (χ2v) is 7.95. The third kappa shape index (κ3) is 6.80. The summed E-state index contributed by atoms with van der Waals surface area (Å²) < 4.78 is 108. The Labute approximate surface area is 133 Å². The number of aliphatic hydroxyl groups excluding tert-OH is 1. The quantitative estimate of drug-likeness (QED) is 0.488. The normalized spacial score (nSPS) is 19.2. The van der Waals surface area contributed by atoms with Crippen LogP contribution in [0.2, 0.25) is 0 Å². The van der Waals surface area contributed by atoms with Crippen molar-refractivity contribution < 1.29 is 53.2 Å². The highest BCUT2D eigenvalue weighted by Gasteiger charge is 2.55. The molecule has 0 aromatic heterocycles. The van der Waals surface area contributed by atoms with Crippen molar-refractivity contribution in [1.82, 2.24) is 9.03 Å². The number of hydrogen-bond acceptors (Lipinski definition) is 6. The summed E-state index contributed by atoms with van der Waals surface area (Å²) in [6, 6.07) is 0. The molecule has 0 bridgehead atoms. The fourth-order valence-electron chi connectivity index (χ4n) is 1.20. The predicted molar refractivity (Wildman–Crippen MR) is 67.8 cm³/mol. The first-order chi connectivity index (χ1) is 10.5. The maximum absolute atomic E-state index is 11.5. The zero-order valence-corrected chi connectivity index (χ0v) is 13.5. The smallest absolute Gasteiger partial charge is 0.390 e. The van der Waals surface area contributed by atoms with Crippen molar-refractivity contribution in [2.75, 3.05) is 26.9 Å². The Bertz CT molecular complexity index is 600. The highest BCUT2D eigenvalue weighted by atomic mass is 32.3. The third-order valence-corrected chi connectivity index (χ3v) is 5.25. The van der Waals surface area contributed by atoms with E-state index < -0.39 is 35.2 Å². The van der Waals surface area contributed by atoms with Crippen molar-refractivity contribution >= 4 is 20.0 Å². The van der Waals surface area contributed by atoms with E-state index in [1.807, 2.05) is 13.2 Å². The van der Waals surface area contributed by atoms with Gasteiger partial charge in [-0.05, 0) is 0 Å². The molecule has 0 fully saturated rings. The number of quaternary nitrogens is 1. The van der Waals surface area contributed by atoms with Crippen LogP contribution in [0.4, 0.5) is 26.3 Å². The standard InChI is InChI=1S/C6H12N2O.C2HF6NO4S2/c1-7-2-3-8(6-7)4-5-9;3-1(4,5)14(10,11)9-15(12,13)2(6,7)8/h2-3,9H,4-6H2,1H3;9H/p+1. The Kier molecular flexibility index (Phi) is 7.49. The van der Waals surface area contributed by atoms with E-state index in [1.54, 1.807) is 0 Å². The number of alkyl halides is 6. The molecule has 0 saturated heterocycles. The average Bonchev–Trinajstić information content (AvgIpc) is 2.72. The van der Waals surface area contributed by atoms with Crippen molar-refractivity contribution in [2.45, 2.75) is 11.0 Å². The van der Waals surface area contributed by atoms with E-state index in [4.69, 9.17) is 5.11 Å². The fraction of sp³-hybridized carbons (Fsp3) is 0.750. The molecule has 0 spiro atoms. The molecule has 0 aromatic rings. The van der Waals surface area contributed by atoms with Crippen molar-refractivity contribution in [3.05, 3.63) is 12.4 Å². The summed E-state index contributed by atoms with van der Waals surface area (Å²) in [4.78, 5) is 3.42. The van der Waals surface area contributed by atoms with Gasteiger partial charge in [-0.2, -0.15) is 26.3 Å². The number of hydrogen-bond donors (Lipinski definition) is 3. The van der Waals surface area contributed by atoms with Crippen molar-refractivity contribution in [3.63, 3.8) is 0 Å². The lowest BCUT2D eigenvalue weighted by Gasteiger charge is -2.11. The molecule has 8 nitrogen and oxygen atoms in total. The molecule has 3 N–H and O–H groups in total. The fourth-order valence-corrected chi connectivity index (χ4v) is 3.11. The monoisotopic (exact) mass is 410 g/mol. The summed E-state index contributed by atoms with van der Waals surface area (Å²) in [5.74, 6) is 0. The minimum Gasteiger partial charge on any atom is -0.390 e. The zero-order valence-electron chi connectivity index (χ0n) is 11.9. The number of rotatable bonds is 4. The van der Waals surface area contributed by atoms with Crippen LogP contribution in [0.25, 0.3) is 0 Å². The molecule has 1 heterocycles. The van der Waals surface area contributed by atoms with Gasteiger partial charge < -0.3 is 10.0 Å². The molecule has 0 radical (unpaired) electrons. The lowest BCUT2D eigenvalue weighted by molar-refractivity contribution is -0.849. The molecule has 0 aliphatic carbocycles. The highest BCUT2D eigenvalue weighted by Crippen LogP contribution is 2.27. The van der Waals surface area contributed by atoms with Crippen LogP contribution >= 0.6 is 0 Å². The van der Waals surface area contributed by atoms with Crippen LogP contribution in [-0.4, -0.2) is 64.7 Å². The Morgan fingerprint density at radius 3 is 1.75 bits per heavy atom. The summed E-state index contributed by atoms with van der Waals surface area (Å²) in [6.07, 6.45) is 4.10. The van der Waals surface area contributed by atoms with Crippen LogP contribution in [0.5, 0.6) is 0 Å². The van der Waals surface area contributed by atoms with E-state index >= 15 is 0 Å². The van der Waals surface area contributed by atoms with Crippen molar-refractivity contribution in [2.24, 2.45) is 0 Å². The molecule has 1 aliphatic heterocycles. The van der Waals surface area contributed by atoms with E-state index in [-0.39, 0.29) is 6.61 Å². The van der Waals surface area contributed by atoms with Gasteiger partial charge in [-0.15, -0.1) is 0 Å². The topological polar surface area (TPSA) is 108 Å². The predicted octanol–water partition coefficient (Wildman–Crippen LogP) is -1.49. The van der Waals surface area contributed by atoms with Crippen LogP contribution in [0, 0.1) is 0 Å². The molecule has 144 valence electrons. The van der Waals surface area contributed by atoms with Gasteiger partial charge in [-0.25, -0.2) is 16.8 Å². The molecule has 16 heteroatoms. The number of aliphatic hydroxyl groups is 1. The Morgan fingerprint density at radius 2 is 1.50 bits per heavy atom. The SMILES string of the molecule is CN1C=C[NH+](CCO)C1.O=S(=O)(NS(=O)(=O)C(F)(F)F)C(F)(F)F. The first kappa shape index (κ1) is 22.9. The Hall–Kier alpha value is -1.10. The molecule has 0 aromatic carbocycles. The summed E-state index contributed by atoms with van der Waals surface area (Å²) in [5.41, 5.74) is -12.3. The molecule has 0 amide bonds. The second kappa shape index (κ2) is 7.85. The lowest BCUT2D eigenvalue weighted by Crippen LogP contribution is -3.07. The van der Waals surface area contributed by atoms with E-state index in [2.05, 4.69) is 11.1 Å². The van der Waals surface area contributed by atoms with E-state index in [0.29, 0.717) is 0 Å². The zero-order chi connectivity index (χ0) is 19.4. The summed E-state index contributed by atoms with van der Waals surface area (Å²) in [7, 11) is -11.2. The molecule has 1 aliphatic rings. The van der Waals surface area contributed by atoms with Gasteiger partial charge in [-0.3, -0.25) is 4.90 Å². The van der Waals surface area contributed by atoms with Crippen molar-refractivity contribution in [3.8, 4) is 0 Å². The molecule has 1 atom stereocenters. The molecule has 0 saturated carbocycles. The maximum atomic E-state index is 11.5. The van der Waals surface area contributed by atoms with Gasteiger partial charge in [0.1, 0.15) is 12.7 Å². The Morgan fingerprint density at radius 1 is 1.08 bits per heavy atom. The minimum absolute atomic E-state index is 0.271. The summed E-state index contributed by atoms with van der Waals surface area (Å²) in [5, 5.41) is 8.54. The maximum Gasteiger partial charge on any atom is 0.512 e. The molecular formula is C8H14F6N3O5S2+. The number of nitrogens with zero attached hydrogens (tertiary/aromatic N) is 1. The van der Waals surface area contributed by atoms with Crippen LogP contribution in [-0.2, 0) is 20.0 Å². The van der Waals surface area contributed by atoms with Crippen LogP contribution < -0.4 is 9.03 Å². The number of halogens is 6. The summed E-state index contributed by atoms with van der Waals surface area (Å²) in [6.45, 7) is 2.08. The third-order valence-electron chi connectivity index (χ3n) is 2.28. The highest BCUT2D eigenvalue weighted by molar-refractivity contribution is 8.05. The minimum atomic E-state index is -6.60. The first-order valence-electron chi connectivity index (χ1n) is 5.78. The van der Waals surface area contributed by atoms with Gasteiger partial charge in [0, 0.05) is 7.05 Å². The van der Waals surface area contributed by atoms with Crippen LogP contribution in [0.15, 0.2) is 12.4 Å². The average molecular weight is 410 g/mol. The molecular weight excluding hydrogens is 396 g/mol. The van der Waals surface area contributed by atoms with Gasteiger partial charge in [0.05, 0.1) is 12.8 Å². The summed E-state index contributed by atoms with van der Waals surface area (Å²) >= 11 is 0. The lowest BCUT2D eigenvalue weighted by atomic mass is 10.6. The van der Waals surface area contributed by atoms with Gasteiger partial charge in [0.15, 0.2) is 6.67 Å². The van der Waals surface area contributed by atoms with Gasteiger partial charge in [0.2, 0.25) is 0 Å². The van der Waals surface area contributed by atoms with Crippen molar-refractivity contribution in [1.29, 1.82) is 0 Å². The van der Waals surface area contributed by atoms with E-state index in [9.17, 15) is 43.2 Å². The van der Waals surface area contributed by atoms with Crippen LogP contribution in [0.1, 0.15) is 0 Å². The first-order valence-corrected chi connectivity index (χ1v) is 8.75. The van der Waals surface area contributed by atoms with E-state index in [0.717, 1.165) is 13.2 Å². The van der Waals surface area contributed by atoms with Gasteiger partial charge in [-0.1, -0.05) is 4.13 Å². The largest absolute Gasteiger partial charge is 0.512 e. The molecule has 1 unspecified atom stereocenters. The van der Waals surface area contributed by atoms with E-state index in [1.165, 1.54) is 4.90 Å². The molecule has 24 heavy (non-hydrogen) atoms. The number of sulfonamides is 2. The number of nitrogens with one attached hydrogen (secondary N) is 2. The van der Waals surface area contributed by atoms with Gasteiger partial charge in [0.25, 0.3) is 0 Å². The molecule has 1 rings (SSSR count). The second-order valence-electron chi connectivity index (χ2n) is 4.34. The van der Waals surface area contributed by atoms with Crippen LogP contribution in [0.3, 0.4) is 0 Å².